The molecule has 0 N–H and O–H groups in total. The Hall–Kier alpha value is -2.90. The van der Waals surface area contributed by atoms with Crippen LogP contribution in [-0.4, -0.2) is 79.7 Å². The van der Waals surface area contributed by atoms with Crippen LogP contribution in [0, 0.1) is 0 Å². The van der Waals surface area contributed by atoms with E-state index >= 15 is 0 Å². The lowest BCUT2D eigenvalue weighted by Crippen LogP contribution is -2.44. The quantitative estimate of drug-likeness (QED) is 0.453. The minimum Gasteiger partial charge on any atom is -0.459 e. The molecule has 0 aliphatic rings. The van der Waals surface area contributed by atoms with Gasteiger partial charge in [-0.05, 0) is 5.56 Å². The molecule has 0 fully saturated rings. The Morgan fingerprint density at radius 1 is 0.920 bits per heavy atom. The van der Waals surface area contributed by atoms with Crippen molar-refractivity contribution in [2.75, 3.05) is 40.8 Å². The molecule has 0 spiro atoms. The highest BCUT2D eigenvalue weighted by atomic mass is 16.5. The zero-order chi connectivity index (χ0) is 18.8. The number of amides is 3. The Balaban J connectivity index is 2.38. The maximum atomic E-state index is 12.1. The monoisotopic (exact) mass is 349 g/mol. The standard InChI is InChI=1S/C17H23N3O5/c1-18(13-21)9-15(22)19(2)10-16(23)20(3)11-17(24)25-12-14-7-5-4-6-8-14/h4-8,13H,9-12H2,1-3H3. The van der Waals surface area contributed by atoms with Gasteiger partial charge in [-0.2, -0.15) is 0 Å². The second kappa shape index (κ2) is 10.1. The second-order valence-corrected chi connectivity index (χ2v) is 5.67. The fraction of sp³-hybridized carbons (Fsp3) is 0.412. The molecule has 8 heteroatoms. The van der Waals surface area contributed by atoms with E-state index in [0.717, 1.165) is 5.56 Å². The van der Waals surface area contributed by atoms with Gasteiger partial charge in [0.05, 0.1) is 13.1 Å². The Morgan fingerprint density at radius 3 is 2.08 bits per heavy atom. The summed E-state index contributed by atoms with van der Waals surface area (Å²) in [5.74, 6) is -1.31. The van der Waals surface area contributed by atoms with E-state index < -0.39 is 11.9 Å². The normalized spacial score (nSPS) is 9.88. The summed E-state index contributed by atoms with van der Waals surface area (Å²) in [4.78, 5) is 49.8. The fourth-order valence-electron chi connectivity index (χ4n) is 1.85. The van der Waals surface area contributed by atoms with Gasteiger partial charge < -0.3 is 19.4 Å². The van der Waals surface area contributed by atoms with E-state index in [1.165, 1.54) is 35.8 Å². The van der Waals surface area contributed by atoms with E-state index in [2.05, 4.69) is 0 Å². The SMILES string of the molecule is CN(C=O)CC(=O)N(C)CC(=O)N(C)CC(=O)OCc1ccccc1. The van der Waals surface area contributed by atoms with Crippen LogP contribution in [0.5, 0.6) is 0 Å². The third-order valence-corrected chi connectivity index (χ3v) is 3.40. The lowest BCUT2D eigenvalue weighted by Gasteiger charge is -2.22. The van der Waals surface area contributed by atoms with Crippen molar-refractivity contribution in [2.45, 2.75) is 6.61 Å². The van der Waals surface area contributed by atoms with E-state index in [1.807, 2.05) is 30.3 Å². The molecule has 0 aliphatic carbocycles. The molecule has 0 saturated heterocycles. The lowest BCUT2D eigenvalue weighted by atomic mass is 10.2. The summed E-state index contributed by atoms with van der Waals surface area (Å²) < 4.78 is 5.11. The van der Waals surface area contributed by atoms with Gasteiger partial charge in [0.1, 0.15) is 13.2 Å². The largest absolute Gasteiger partial charge is 0.459 e. The highest BCUT2D eigenvalue weighted by Crippen LogP contribution is 2.01. The van der Waals surface area contributed by atoms with Crippen molar-refractivity contribution in [3.8, 4) is 0 Å². The molecule has 3 amide bonds. The molecular weight excluding hydrogens is 326 g/mol. The molecular formula is C17H23N3O5. The van der Waals surface area contributed by atoms with E-state index in [1.54, 1.807) is 0 Å². The first-order chi connectivity index (χ1) is 11.8. The molecule has 0 heterocycles. The molecule has 136 valence electrons. The van der Waals surface area contributed by atoms with Crippen molar-refractivity contribution in [3.05, 3.63) is 35.9 Å². The first kappa shape index (κ1) is 20.1. The van der Waals surface area contributed by atoms with Gasteiger partial charge >= 0.3 is 5.97 Å². The molecule has 0 aliphatic heterocycles. The van der Waals surface area contributed by atoms with Crippen molar-refractivity contribution in [1.82, 2.24) is 14.7 Å². The van der Waals surface area contributed by atoms with Gasteiger partial charge in [-0.15, -0.1) is 0 Å². The predicted molar refractivity (Wildman–Crippen MR) is 90.2 cm³/mol. The highest BCUT2D eigenvalue weighted by molar-refractivity contribution is 5.87. The highest BCUT2D eigenvalue weighted by Gasteiger charge is 2.19. The van der Waals surface area contributed by atoms with Crippen molar-refractivity contribution >= 4 is 24.2 Å². The predicted octanol–water partition coefficient (Wildman–Crippen LogP) is -0.265. The van der Waals surface area contributed by atoms with Crippen molar-refractivity contribution in [3.63, 3.8) is 0 Å². The van der Waals surface area contributed by atoms with Gasteiger partial charge in [0, 0.05) is 21.1 Å². The van der Waals surface area contributed by atoms with Crippen molar-refractivity contribution < 1.29 is 23.9 Å². The number of rotatable bonds is 9. The van der Waals surface area contributed by atoms with Crippen molar-refractivity contribution in [1.29, 1.82) is 0 Å². The Morgan fingerprint density at radius 2 is 1.48 bits per heavy atom. The average molecular weight is 349 g/mol. The van der Waals surface area contributed by atoms with Gasteiger partial charge in [-0.3, -0.25) is 19.2 Å². The summed E-state index contributed by atoms with van der Waals surface area (Å²) in [6.07, 6.45) is 0.530. The summed E-state index contributed by atoms with van der Waals surface area (Å²) in [6.45, 7) is -0.371. The second-order valence-electron chi connectivity index (χ2n) is 5.67. The van der Waals surface area contributed by atoms with Crippen molar-refractivity contribution in [2.24, 2.45) is 0 Å². The molecule has 1 rings (SSSR count). The summed E-state index contributed by atoms with van der Waals surface area (Å²) in [5.41, 5.74) is 0.856. The van der Waals surface area contributed by atoms with Crippen LogP contribution in [0.3, 0.4) is 0 Å². The van der Waals surface area contributed by atoms with Crippen LogP contribution in [0.4, 0.5) is 0 Å². The Labute approximate surface area is 146 Å². The molecule has 1 aromatic carbocycles. The van der Waals surface area contributed by atoms with Gasteiger partial charge in [0.2, 0.25) is 18.2 Å². The molecule has 0 bridgehead atoms. The van der Waals surface area contributed by atoms with E-state index in [0.29, 0.717) is 6.41 Å². The van der Waals surface area contributed by atoms with Crippen LogP contribution in [0.2, 0.25) is 0 Å². The zero-order valence-electron chi connectivity index (χ0n) is 14.7. The lowest BCUT2D eigenvalue weighted by molar-refractivity contribution is -0.150. The summed E-state index contributed by atoms with van der Waals surface area (Å²) in [7, 11) is 4.39. The zero-order valence-corrected chi connectivity index (χ0v) is 14.7. The number of ether oxygens (including phenoxy) is 1. The Kier molecular flexibility index (Phi) is 8.11. The summed E-state index contributed by atoms with van der Waals surface area (Å²) >= 11 is 0. The van der Waals surface area contributed by atoms with Crippen LogP contribution in [-0.2, 0) is 30.5 Å². The van der Waals surface area contributed by atoms with E-state index in [9.17, 15) is 19.2 Å². The number of hydrogen-bond acceptors (Lipinski definition) is 5. The molecule has 0 aromatic heterocycles. The Bertz CT molecular complexity index is 606. The number of esters is 1. The number of hydrogen-bond donors (Lipinski definition) is 0. The van der Waals surface area contributed by atoms with Gasteiger partial charge in [0.15, 0.2) is 0 Å². The van der Waals surface area contributed by atoms with Gasteiger partial charge in [-0.25, -0.2) is 0 Å². The number of likely N-dealkylation sites (N-methyl/N-ethyl adjacent to an activating group) is 3. The van der Waals surface area contributed by atoms with Crippen LogP contribution in [0.25, 0.3) is 0 Å². The topological polar surface area (TPSA) is 87.2 Å². The summed E-state index contributed by atoms with van der Waals surface area (Å²) in [5, 5.41) is 0. The first-order valence-electron chi connectivity index (χ1n) is 7.66. The smallest absolute Gasteiger partial charge is 0.325 e. The maximum Gasteiger partial charge on any atom is 0.325 e. The average Bonchev–Trinajstić information content (AvgIpc) is 2.60. The first-order valence-corrected chi connectivity index (χ1v) is 7.66. The van der Waals surface area contributed by atoms with Crippen LogP contribution in [0.15, 0.2) is 30.3 Å². The molecule has 1 aromatic rings. The minimum atomic E-state index is -0.533. The van der Waals surface area contributed by atoms with Gasteiger partial charge in [-0.1, -0.05) is 30.3 Å². The third-order valence-electron chi connectivity index (χ3n) is 3.40. The maximum absolute atomic E-state index is 12.1. The molecule has 0 saturated carbocycles. The van der Waals surface area contributed by atoms with Crippen LogP contribution < -0.4 is 0 Å². The van der Waals surface area contributed by atoms with E-state index in [4.69, 9.17) is 4.74 Å². The fourth-order valence-corrected chi connectivity index (χ4v) is 1.85. The molecule has 8 nitrogen and oxygen atoms in total. The van der Waals surface area contributed by atoms with E-state index in [-0.39, 0.29) is 32.1 Å². The number of carbonyl (C=O) groups is 4. The minimum absolute atomic E-state index is 0.115. The number of carbonyl (C=O) groups excluding carboxylic acids is 4. The van der Waals surface area contributed by atoms with Crippen LogP contribution >= 0.6 is 0 Å². The number of nitrogens with zero attached hydrogens (tertiary/aromatic N) is 3. The molecule has 0 unspecified atom stereocenters. The molecule has 0 radical (unpaired) electrons. The summed E-state index contributed by atoms with van der Waals surface area (Å²) in [6, 6.07) is 9.21. The van der Waals surface area contributed by atoms with Gasteiger partial charge in [0.25, 0.3) is 0 Å². The molecule has 25 heavy (non-hydrogen) atoms. The number of benzene rings is 1. The third kappa shape index (κ3) is 7.47. The molecule has 0 atom stereocenters. The van der Waals surface area contributed by atoms with Crippen LogP contribution in [0.1, 0.15) is 5.56 Å².